The maximum absolute atomic E-state index is 12.8. The average Bonchev–Trinajstić information content (AvgIpc) is 2.95. The van der Waals surface area contributed by atoms with Gasteiger partial charge in [-0.3, -0.25) is 9.59 Å². The zero-order valence-electron chi connectivity index (χ0n) is 14.5. The quantitative estimate of drug-likeness (QED) is 0.855. The minimum atomic E-state index is -0.280. The number of anilines is 1. The van der Waals surface area contributed by atoms with Gasteiger partial charge in [-0.2, -0.15) is 0 Å². The van der Waals surface area contributed by atoms with Crippen LogP contribution in [-0.2, 0) is 11.2 Å². The summed E-state index contributed by atoms with van der Waals surface area (Å²) in [7, 11) is 0. The molecule has 0 radical (unpaired) electrons. The van der Waals surface area contributed by atoms with E-state index in [0.29, 0.717) is 36.5 Å². The lowest BCUT2D eigenvalue weighted by Gasteiger charge is -2.30. The zero-order chi connectivity index (χ0) is 18.0. The molecule has 0 aliphatic carbocycles. The number of aryl methyl sites for hydroxylation is 1. The van der Waals surface area contributed by atoms with Crippen molar-refractivity contribution in [1.82, 2.24) is 9.88 Å². The number of hydrogen-bond acceptors (Lipinski definition) is 5. The number of likely N-dealkylation sites (tertiary alicyclic amines) is 1. The molecule has 3 rings (SSSR count). The van der Waals surface area contributed by atoms with Crippen molar-refractivity contribution in [2.75, 3.05) is 18.8 Å². The summed E-state index contributed by atoms with van der Waals surface area (Å²) in [6.07, 6.45) is 4.39. The van der Waals surface area contributed by atoms with Crippen molar-refractivity contribution in [1.29, 1.82) is 0 Å². The molecule has 0 atom stereocenters. The third-order valence-electron chi connectivity index (χ3n) is 4.82. The highest BCUT2D eigenvalue weighted by Crippen LogP contribution is 2.34. The molecule has 0 aromatic carbocycles. The van der Waals surface area contributed by atoms with Crippen LogP contribution in [-0.4, -0.2) is 34.8 Å². The minimum Gasteiger partial charge on any atom is -0.397 e. The Morgan fingerprint density at radius 2 is 2.04 bits per heavy atom. The van der Waals surface area contributed by atoms with E-state index in [-0.39, 0.29) is 17.7 Å². The third-order valence-corrected chi connectivity index (χ3v) is 5.92. The number of carbonyl (C=O) groups excluding carboxylic acids is 2. The second-order valence-electron chi connectivity index (χ2n) is 6.57. The number of primary amides is 1. The number of nitrogens with zero attached hydrogens (tertiary/aromatic N) is 2. The van der Waals surface area contributed by atoms with Crippen LogP contribution in [0, 0.1) is 5.92 Å². The van der Waals surface area contributed by atoms with Crippen LogP contribution in [0.3, 0.4) is 0 Å². The van der Waals surface area contributed by atoms with Gasteiger partial charge < -0.3 is 16.4 Å². The van der Waals surface area contributed by atoms with E-state index in [1.807, 2.05) is 12.1 Å². The van der Waals surface area contributed by atoms with Gasteiger partial charge in [0, 0.05) is 30.1 Å². The molecule has 3 heterocycles. The van der Waals surface area contributed by atoms with Crippen LogP contribution in [0.4, 0.5) is 5.69 Å². The lowest BCUT2D eigenvalue weighted by Crippen LogP contribution is -2.41. The van der Waals surface area contributed by atoms with Crippen molar-refractivity contribution in [3.63, 3.8) is 0 Å². The van der Waals surface area contributed by atoms with Gasteiger partial charge in [-0.25, -0.2) is 4.98 Å². The molecule has 1 fully saturated rings. The summed E-state index contributed by atoms with van der Waals surface area (Å²) in [6.45, 7) is 3.23. The largest absolute Gasteiger partial charge is 0.397 e. The van der Waals surface area contributed by atoms with Gasteiger partial charge in [0.2, 0.25) is 5.91 Å². The normalized spacial score (nSPS) is 15.6. The van der Waals surface area contributed by atoms with Crippen LogP contribution >= 0.6 is 11.3 Å². The van der Waals surface area contributed by atoms with E-state index in [1.165, 1.54) is 11.3 Å². The zero-order valence-corrected chi connectivity index (χ0v) is 15.3. The number of unbranched alkanes of at least 4 members (excludes halogenated alkanes) is 1. The predicted molar refractivity (Wildman–Crippen MR) is 100 cm³/mol. The fraction of sp³-hybridized carbons (Fsp3) is 0.500. The molecule has 2 aromatic rings. The molecule has 0 spiro atoms. The SMILES string of the molecule is CCCCc1ccc2c(N)c(C(=O)N3CCC(C(N)=O)CC3)sc2n1. The molecule has 1 aliphatic rings. The molecule has 6 nitrogen and oxygen atoms in total. The van der Waals surface area contributed by atoms with Crippen molar-refractivity contribution in [2.45, 2.75) is 39.0 Å². The number of fused-ring (bicyclic) bond motifs is 1. The Labute approximate surface area is 151 Å². The summed E-state index contributed by atoms with van der Waals surface area (Å²) in [5.74, 6) is -0.484. The van der Waals surface area contributed by atoms with E-state index >= 15 is 0 Å². The van der Waals surface area contributed by atoms with E-state index < -0.39 is 0 Å². The van der Waals surface area contributed by atoms with Crippen molar-refractivity contribution >= 4 is 39.1 Å². The van der Waals surface area contributed by atoms with Gasteiger partial charge in [-0.1, -0.05) is 13.3 Å². The number of piperidine rings is 1. The Balaban J connectivity index is 1.79. The van der Waals surface area contributed by atoms with Gasteiger partial charge in [-0.05, 0) is 37.8 Å². The minimum absolute atomic E-state index is 0.0708. The summed E-state index contributed by atoms with van der Waals surface area (Å²) in [4.78, 5) is 31.9. The van der Waals surface area contributed by atoms with Gasteiger partial charge in [0.05, 0.1) is 5.69 Å². The number of rotatable bonds is 5. The fourth-order valence-electron chi connectivity index (χ4n) is 3.20. The number of nitrogens with two attached hydrogens (primary N) is 2. The molecule has 0 unspecified atom stereocenters. The maximum Gasteiger partial charge on any atom is 0.266 e. The van der Waals surface area contributed by atoms with Crippen LogP contribution < -0.4 is 11.5 Å². The van der Waals surface area contributed by atoms with E-state index in [1.54, 1.807) is 4.90 Å². The lowest BCUT2D eigenvalue weighted by atomic mass is 9.96. The molecule has 0 bridgehead atoms. The number of thiophene rings is 1. The number of pyridine rings is 1. The van der Waals surface area contributed by atoms with Crippen molar-refractivity contribution in [2.24, 2.45) is 11.7 Å². The molecule has 2 aromatic heterocycles. The highest BCUT2D eigenvalue weighted by Gasteiger charge is 2.28. The van der Waals surface area contributed by atoms with Crippen LogP contribution in [0.15, 0.2) is 12.1 Å². The summed E-state index contributed by atoms with van der Waals surface area (Å²) in [6, 6.07) is 3.96. The Hall–Kier alpha value is -2.15. The number of amides is 2. The first-order valence-electron chi connectivity index (χ1n) is 8.77. The predicted octanol–water partition coefficient (Wildman–Crippen LogP) is 2.56. The Kier molecular flexibility index (Phi) is 5.22. The topological polar surface area (TPSA) is 102 Å². The first-order valence-corrected chi connectivity index (χ1v) is 9.59. The van der Waals surface area contributed by atoms with E-state index in [2.05, 4.69) is 11.9 Å². The molecular weight excluding hydrogens is 336 g/mol. The summed E-state index contributed by atoms with van der Waals surface area (Å²) < 4.78 is 0. The highest BCUT2D eigenvalue weighted by molar-refractivity contribution is 7.21. The van der Waals surface area contributed by atoms with E-state index in [4.69, 9.17) is 11.5 Å². The third kappa shape index (κ3) is 3.61. The summed E-state index contributed by atoms with van der Waals surface area (Å²) in [5.41, 5.74) is 13.1. The van der Waals surface area contributed by atoms with E-state index in [9.17, 15) is 9.59 Å². The number of hydrogen-bond donors (Lipinski definition) is 2. The summed E-state index contributed by atoms with van der Waals surface area (Å²) in [5, 5.41) is 0.848. The fourth-order valence-corrected chi connectivity index (χ4v) is 4.28. The monoisotopic (exact) mass is 360 g/mol. The lowest BCUT2D eigenvalue weighted by molar-refractivity contribution is -0.123. The molecule has 1 saturated heterocycles. The molecule has 7 heteroatoms. The van der Waals surface area contributed by atoms with Gasteiger partial charge >= 0.3 is 0 Å². The molecule has 2 amide bonds. The molecule has 25 heavy (non-hydrogen) atoms. The molecule has 1 aliphatic heterocycles. The van der Waals surface area contributed by atoms with Crippen LogP contribution in [0.1, 0.15) is 48.0 Å². The van der Waals surface area contributed by atoms with Crippen molar-refractivity contribution in [3.8, 4) is 0 Å². The van der Waals surface area contributed by atoms with Gasteiger partial charge in [0.1, 0.15) is 9.71 Å². The Morgan fingerprint density at radius 3 is 2.68 bits per heavy atom. The van der Waals surface area contributed by atoms with Gasteiger partial charge in [0.25, 0.3) is 5.91 Å². The first kappa shape index (κ1) is 17.7. The smallest absolute Gasteiger partial charge is 0.266 e. The van der Waals surface area contributed by atoms with Crippen molar-refractivity contribution in [3.05, 3.63) is 22.7 Å². The van der Waals surface area contributed by atoms with Crippen LogP contribution in [0.25, 0.3) is 10.2 Å². The molecular formula is C18H24N4O2S. The van der Waals surface area contributed by atoms with Crippen LogP contribution in [0.2, 0.25) is 0 Å². The standard InChI is InChI=1S/C18H24N4O2S/c1-2-3-4-12-5-6-13-14(19)15(25-17(13)21-12)18(24)22-9-7-11(8-10-22)16(20)23/h5-6,11H,2-4,7-10,19H2,1H3,(H2,20,23). The number of carbonyl (C=O) groups is 2. The van der Waals surface area contributed by atoms with Crippen molar-refractivity contribution < 1.29 is 9.59 Å². The maximum atomic E-state index is 12.8. The average molecular weight is 360 g/mol. The van der Waals surface area contributed by atoms with Crippen LogP contribution in [0.5, 0.6) is 0 Å². The number of aromatic nitrogens is 1. The highest BCUT2D eigenvalue weighted by atomic mass is 32.1. The first-order chi connectivity index (χ1) is 12.0. The molecule has 0 saturated carbocycles. The van der Waals surface area contributed by atoms with E-state index in [0.717, 1.165) is 35.2 Å². The Morgan fingerprint density at radius 1 is 1.32 bits per heavy atom. The van der Waals surface area contributed by atoms with Gasteiger partial charge in [-0.15, -0.1) is 11.3 Å². The molecule has 4 N–H and O–H groups in total. The number of nitrogen functional groups attached to an aromatic ring is 1. The Bertz CT molecular complexity index is 794. The second-order valence-corrected chi connectivity index (χ2v) is 7.57. The molecule has 134 valence electrons. The van der Waals surface area contributed by atoms with Gasteiger partial charge in [0.15, 0.2) is 0 Å². The second kappa shape index (κ2) is 7.39. The summed E-state index contributed by atoms with van der Waals surface area (Å²) >= 11 is 1.36.